The number of hydrogen-bond donors (Lipinski definition) is 2. The van der Waals surface area contributed by atoms with E-state index in [2.05, 4.69) is 48.4 Å². The lowest BCUT2D eigenvalue weighted by molar-refractivity contribution is 0.623. The summed E-state index contributed by atoms with van der Waals surface area (Å²) in [6, 6.07) is 13.3. The fourth-order valence-corrected chi connectivity index (χ4v) is 1.91. The van der Waals surface area contributed by atoms with E-state index in [-0.39, 0.29) is 5.82 Å². The molecule has 2 rings (SSSR count). The monoisotopic (exact) mass is 270 g/mol. The van der Waals surface area contributed by atoms with E-state index >= 15 is 0 Å². The van der Waals surface area contributed by atoms with Crippen LogP contribution in [0.4, 0.5) is 10.1 Å². The summed E-state index contributed by atoms with van der Waals surface area (Å²) in [5.74, 6) is -0.279. The first-order valence-electron chi connectivity index (χ1n) is 6.56. The van der Waals surface area contributed by atoms with Gasteiger partial charge in [-0.05, 0) is 30.7 Å². The van der Waals surface area contributed by atoms with Gasteiger partial charge in [-0.25, -0.2) is 4.39 Å². The highest BCUT2D eigenvalue weighted by Crippen LogP contribution is 2.19. The summed E-state index contributed by atoms with van der Waals surface area (Å²) >= 11 is 0. The van der Waals surface area contributed by atoms with Gasteiger partial charge in [-0.15, -0.1) is 0 Å². The molecule has 0 aliphatic carbocycles. The Morgan fingerprint density at radius 2 is 1.85 bits per heavy atom. The first-order chi connectivity index (χ1) is 9.60. The van der Waals surface area contributed by atoms with E-state index in [4.69, 9.17) is 0 Å². The smallest absolute Gasteiger partial charge is 0.134 e. The van der Waals surface area contributed by atoms with Crippen molar-refractivity contribution in [2.75, 3.05) is 12.4 Å². The minimum absolute atomic E-state index is 0.279. The molecule has 0 unspecified atom stereocenters. The Morgan fingerprint density at radius 1 is 1.15 bits per heavy atom. The largest absolute Gasteiger partial charge is 0.388 e. The normalized spacial score (nSPS) is 10.2. The van der Waals surface area contributed by atoms with Crippen molar-refractivity contribution in [1.82, 2.24) is 5.32 Å². The fraction of sp³-hybridized carbons (Fsp3) is 0.176. The van der Waals surface area contributed by atoms with Crippen LogP contribution < -0.4 is 10.6 Å². The molecule has 0 aliphatic rings. The molecule has 0 aromatic heterocycles. The summed E-state index contributed by atoms with van der Waals surface area (Å²) in [6.45, 7) is 6.49. The van der Waals surface area contributed by atoms with Crippen molar-refractivity contribution in [1.29, 1.82) is 0 Å². The highest BCUT2D eigenvalue weighted by atomic mass is 19.1. The maximum atomic E-state index is 13.9. The minimum Gasteiger partial charge on any atom is -0.388 e. The molecule has 104 valence electrons. The van der Waals surface area contributed by atoms with E-state index in [0.717, 1.165) is 5.69 Å². The molecule has 3 heteroatoms. The predicted octanol–water partition coefficient (Wildman–Crippen LogP) is 3.94. The second-order valence-electron chi connectivity index (χ2n) is 4.76. The van der Waals surface area contributed by atoms with Gasteiger partial charge in [-0.2, -0.15) is 0 Å². The van der Waals surface area contributed by atoms with E-state index in [1.165, 1.54) is 17.2 Å². The van der Waals surface area contributed by atoms with Crippen LogP contribution in [0, 0.1) is 12.7 Å². The fourth-order valence-electron chi connectivity index (χ4n) is 1.91. The average Bonchev–Trinajstić information content (AvgIpc) is 2.46. The van der Waals surface area contributed by atoms with Crippen molar-refractivity contribution in [2.24, 2.45) is 0 Å². The number of anilines is 1. The molecule has 2 nitrogen and oxygen atoms in total. The van der Waals surface area contributed by atoms with Gasteiger partial charge in [0.1, 0.15) is 5.82 Å². The highest BCUT2D eigenvalue weighted by molar-refractivity contribution is 5.64. The van der Waals surface area contributed by atoms with Crippen molar-refractivity contribution >= 4 is 11.4 Å². The third-order valence-electron chi connectivity index (χ3n) is 3.21. The van der Waals surface area contributed by atoms with Crippen molar-refractivity contribution in [2.45, 2.75) is 13.5 Å². The predicted molar refractivity (Wildman–Crippen MR) is 83.0 cm³/mol. The van der Waals surface area contributed by atoms with Crippen LogP contribution in [-0.2, 0) is 6.54 Å². The molecule has 20 heavy (non-hydrogen) atoms. The number of halogens is 1. The topological polar surface area (TPSA) is 24.1 Å². The Hall–Kier alpha value is -2.29. The van der Waals surface area contributed by atoms with Crippen molar-refractivity contribution in [3.8, 4) is 0 Å². The van der Waals surface area contributed by atoms with E-state index in [9.17, 15) is 4.39 Å². The number of rotatable bonds is 5. The van der Waals surface area contributed by atoms with Gasteiger partial charge in [-0.3, -0.25) is 0 Å². The Morgan fingerprint density at radius 3 is 2.45 bits per heavy atom. The maximum absolute atomic E-state index is 13.9. The lowest BCUT2D eigenvalue weighted by Crippen LogP contribution is -2.06. The first-order valence-corrected chi connectivity index (χ1v) is 6.56. The number of benzene rings is 2. The molecule has 0 saturated carbocycles. The van der Waals surface area contributed by atoms with Gasteiger partial charge in [0.2, 0.25) is 0 Å². The Labute approximate surface area is 119 Å². The summed E-state index contributed by atoms with van der Waals surface area (Å²) in [5.41, 5.74) is 4.23. The zero-order chi connectivity index (χ0) is 14.5. The van der Waals surface area contributed by atoms with Gasteiger partial charge >= 0.3 is 0 Å². The van der Waals surface area contributed by atoms with Gasteiger partial charge in [0, 0.05) is 30.5 Å². The van der Waals surface area contributed by atoms with E-state index in [0.29, 0.717) is 17.8 Å². The summed E-state index contributed by atoms with van der Waals surface area (Å²) in [4.78, 5) is 0. The van der Waals surface area contributed by atoms with E-state index in [1.807, 2.05) is 6.07 Å². The molecule has 0 amide bonds. The van der Waals surface area contributed by atoms with Crippen LogP contribution in [0.5, 0.6) is 0 Å². The van der Waals surface area contributed by atoms with Crippen LogP contribution in [0.15, 0.2) is 49.0 Å². The highest BCUT2D eigenvalue weighted by Gasteiger charge is 2.05. The molecule has 2 aromatic rings. The number of aryl methyl sites for hydroxylation is 1. The summed E-state index contributed by atoms with van der Waals surface area (Å²) < 4.78 is 13.9. The minimum atomic E-state index is -0.279. The summed E-state index contributed by atoms with van der Waals surface area (Å²) in [5, 5.41) is 6.07. The lowest BCUT2D eigenvalue weighted by Gasteiger charge is -2.10. The Bertz CT molecular complexity index is 603. The molecule has 2 N–H and O–H groups in total. The molecule has 0 spiro atoms. The number of hydrogen-bond acceptors (Lipinski definition) is 2. The van der Waals surface area contributed by atoms with Crippen LogP contribution in [0.3, 0.4) is 0 Å². The molecule has 0 atom stereocenters. The first kappa shape index (κ1) is 14.1. The van der Waals surface area contributed by atoms with E-state index in [1.54, 1.807) is 13.1 Å². The Balaban J connectivity index is 2.05. The lowest BCUT2D eigenvalue weighted by atomic mass is 10.1. The molecular weight excluding hydrogens is 251 g/mol. The Kier molecular flexibility index (Phi) is 4.41. The maximum Gasteiger partial charge on any atom is 0.134 e. The van der Waals surface area contributed by atoms with Crippen LogP contribution in [-0.4, -0.2) is 7.05 Å². The zero-order valence-electron chi connectivity index (χ0n) is 11.8. The third-order valence-corrected chi connectivity index (χ3v) is 3.21. The quantitative estimate of drug-likeness (QED) is 0.860. The molecule has 0 fully saturated rings. The molecule has 2 aromatic carbocycles. The van der Waals surface area contributed by atoms with Crippen LogP contribution in [0.1, 0.15) is 16.7 Å². The van der Waals surface area contributed by atoms with Crippen molar-refractivity contribution in [3.63, 3.8) is 0 Å². The van der Waals surface area contributed by atoms with Gasteiger partial charge in [-0.1, -0.05) is 36.4 Å². The standard InChI is InChI=1S/C17H19FN2/c1-12-4-6-14(7-5-12)11-20-15-8-9-16(13(2)19-3)17(18)10-15/h4-10,19-20H,2,11H2,1,3H3. The van der Waals surface area contributed by atoms with Gasteiger partial charge in [0.05, 0.1) is 0 Å². The van der Waals surface area contributed by atoms with Crippen molar-refractivity contribution < 1.29 is 4.39 Å². The SMILES string of the molecule is C=C(NC)c1ccc(NCc2ccc(C)cc2)cc1F. The molecule has 0 saturated heterocycles. The second-order valence-corrected chi connectivity index (χ2v) is 4.76. The summed E-state index contributed by atoms with van der Waals surface area (Å²) in [6.07, 6.45) is 0. The molecule has 0 bridgehead atoms. The third kappa shape index (κ3) is 3.38. The van der Waals surface area contributed by atoms with Gasteiger partial charge in [0.25, 0.3) is 0 Å². The van der Waals surface area contributed by atoms with Crippen LogP contribution in [0.2, 0.25) is 0 Å². The zero-order valence-corrected chi connectivity index (χ0v) is 11.8. The molecule has 0 radical (unpaired) electrons. The second kappa shape index (κ2) is 6.24. The van der Waals surface area contributed by atoms with Crippen LogP contribution >= 0.6 is 0 Å². The average molecular weight is 270 g/mol. The number of nitrogens with one attached hydrogen (secondary N) is 2. The van der Waals surface area contributed by atoms with Crippen molar-refractivity contribution in [3.05, 3.63) is 71.6 Å². The summed E-state index contributed by atoms with van der Waals surface area (Å²) in [7, 11) is 1.73. The molecule has 0 aliphatic heterocycles. The molecular formula is C17H19FN2. The van der Waals surface area contributed by atoms with Gasteiger partial charge < -0.3 is 10.6 Å². The molecule has 0 heterocycles. The van der Waals surface area contributed by atoms with Gasteiger partial charge in [0.15, 0.2) is 0 Å². The van der Waals surface area contributed by atoms with E-state index < -0.39 is 0 Å². The van der Waals surface area contributed by atoms with Crippen LogP contribution in [0.25, 0.3) is 5.70 Å².